The van der Waals surface area contributed by atoms with Crippen LogP contribution in [0.5, 0.6) is 11.5 Å². The van der Waals surface area contributed by atoms with E-state index in [1.807, 2.05) is 37.3 Å². The van der Waals surface area contributed by atoms with Crippen molar-refractivity contribution in [3.8, 4) is 11.5 Å². The van der Waals surface area contributed by atoms with Gasteiger partial charge in [-0.15, -0.1) is 0 Å². The molecule has 0 unspecified atom stereocenters. The molecule has 2 aromatic carbocycles. The van der Waals surface area contributed by atoms with E-state index in [4.69, 9.17) is 20.3 Å². The Morgan fingerprint density at radius 3 is 2.75 bits per heavy atom. The number of hydrogen-bond donors (Lipinski definition) is 3. The van der Waals surface area contributed by atoms with E-state index in [9.17, 15) is 4.79 Å². The number of aromatic nitrogens is 2. The first-order chi connectivity index (χ1) is 15.4. The fourth-order valence-corrected chi connectivity index (χ4v) is 3.35. The highest BCUT2D eigenvalue weighted by Crippen LogP contribution is 2.35. The molecular formula is C23H29N5O4. The van der Waals surface area contributed by atoms with Gasteiger partial charge in [-0.05, 0) is 50.2 Å². The van der Waals surface area contributed by atoms with Gasteiger partial charge in [-0.25, -0.2) is 9.97 Å². The van der Waals surface area contributed by atoms with Crippen LogP contribution in [0.3, 0.4) is 0 Å². The van der Waals surface area contributed by atoms with Crippen LogP contribution < -0.4 is 20.5 Å². The number of carboxylic acid groups (broad SMARTS) is 1. The lowest BCUT2D eigenvalue weighted by molar-refractivity contribution is -0.138. The molecule has 0 spiro atoms. The van der Waals surface area contributed by atoms with E-state index >= 15 is 0 Å². The third-order valence-electron chi connectivity index (χ3n) is 4.89. The zero-order chi connectivity index (χ0) is 23.1. The predicted molar refractivity (Wildman–Crippen MR) is 124 cm³/mol. The Morgan fingerprint density at radius 2 is 2.03 bits per heavy atom. The summed E-state index contributed by atoms with van der Waals surface area (Å²) in [5.74, 6) is 0.934. The van der Waals surface area contributed by atoms with Gasteiger partial charge in [0, 0.05) is 23.7 Å². The van der Waals surface area contributed by atoms with E-state index in [2.05, 4.69) is 15.3 Å². The fourth-order valence-electron chi connectivity index (χ4n) is 3.35. The molecule has 3 rings (SSSR count). The number of rotatable bonds is 11. The van der Waals surface area contributed by atoms with Gasteiger partial charge in [-0.3, -0.25) is 9.69 Å². The predicted octanol–water partition coefficient (Wildman–Crippen LogP) is 2.93. The molecule has 9 nitrogen and oxygen atoms in total. The normalized spacial score (nSPS) is 11.0. The average Bonchev–Trinajstić information content (AvgIpc) is 2.75. The quantitative estimate of drug-likeness (QED) is 0.387. The van der Waals surface area contributed by atoms with Gasteiger partial charge in [0.1, 0.15) is 12.1 Å². The molecule has 0 aliphatic carbocycles. The standard InChI is InChI=1S/C23H29N5O4/c1-15-5-6-16(12-28(2)13-22(29)30)18(9-15)27-23-17-10-21(32-8-4-7-24)20(31-3)11-19(17)25-14-26-23/h5-6,9-11,14H,4,7-8,12-13,24H2,1-3H3,(H,29,30)(H,25,26,27). The molecular weight excluding hydrogens is 410 g/mol. The van der Waals surface area contributed by atoms with Crippen molar-refractivity contribution in [1.29, 1.82) is 0 Å². The van der Waals surface area contributed by atoms with Gasteiger partial charge in [-0.2, -0.15) is 0 Å². The van der Waals surface area contributed by atoms with Crippen molar-refractivity contribution in [2.24, 2.45) is 5.73 Å². The van der Waals surface area contributed by atoms with Gasteiger partial charge >= 0.3 is 5.97 Å². The number of fused-ring (bicyclic) bond motifs is 1. The van der Waals surface area contributed by atoms with E-state index in [0.29, 0.717) is 42.5 Å². The van der Waals surface area contributed by atoms with Crippen molar-refractivity contribution < 1.29 is 19.4 Å². The first kappa shape index (κ1) is 23.2. The van der Waals surface area contributed by atoms with E-state index < -0.39 is 5.97 Å². The Labute approximate surface area is 187 Å². The molecule has 170 valence electrons. The van der Waals surface area contributed by atoms with Crippen molar-refractivity contribution in [3.63, 3.8) is 0 Å². The highest BCUT2D eigenvalue weighted by atomic mass is 16.5. The molecule has 1 heterocycles. The van der Waals surface area contributed by atoms with E-state index in [-0.39, 0.29) is 6.54 Å². The summed E-state index contributed by atoms with van der Waals surface area (Å²) in [4.78, 5) is 21.6. The minimum atomic E-state index is -0.868. The van der Waals surface area contributed by atoms with E-state index in [0.717, 1.165) is 28.6 Å². The summed E-state index contributed by atoms with van der Waals surface area (Å²) in [6, 6.07) is 9.68. The number of aliphatic carboxylic acids is 1. The maximum Gasteiger partial charge on any atom is 0.317 e. The number of anilines is 2. The molecule has 0 bridgehead atoms. The minimum absolute atomic E-state index is 0.0486. The zero-order valence-electron chi connectivity index (χ0n) is 18.6. The number of methoxy groups -OCH3 is 1. The summed E-state index contributed by atoms with van der Waals surface area (Å²) in [7, 11) is 3.36. The van der Waals surface area contributed by atoms with Crippen LogP contribution in [0.15, 0.2) is 36.7 Å². The SMILES string of the molecule is COc1cc2ncnc(Nc3cc(C)ccc3CN(C)CC(=O)O)c2cc1OCCCN. The highest BCUT2D eigenvalue weighted by Gasteiger charge is 2.14. The molecule has 0 aliphatic heterocycles. The van der Waals surface area contributed by atoms with Crippen molar-refractivity contribution in [2.45, 2.75) is 19.9 Å². The molecule has 1 aromatic heterocycles. The lowest BCUT2D eigenvalue weighted by atomic mass is 10.1. The van der Waals surface area contributed by atoms with Gasteiger partial charge < -0.3 is 25.6 Å². The number of carboxylic acids is 1. The number of carbonyl (C=O) groups is 1. The summed E-state index contributed by atoms with van der Waals surface area (Å²) in [5.41, 5.74) is 9.16. The summed E-state index contributed by atoms with van der Waals surface area (Å²) in [6.45, 7) is 3.44. The number of nitrogens with zero attached hydrogens (tertiary/aromatic N) is 3. The number of likely N-dealkylation sites (N-methyl/N-ethyl adjacent to an activating group) is 1. The lowest BCUT2D eigenvalue weighted by Crippen LogP contribution is -2.25. The molecule has 4 N–H and O–H groups in total. The Kier molecular flexibility index (Phi) is 7.80. The first-order valence-electron chi connectivity index (χ1n) is 10.3. The number of benzene rings is 2. The fraction of sp³-hybridized carbons (Fsp3) is 0.348. The molecule has 0 atom stereocenters. The zero-order valence-corrected chi connectivity index (χ0v) is 18.6. The minimum Gasteiger partial charge on any atom is -0.493 e. The molecule has 0 saturated carbocycles. The summed E-state index contributed by atoms with van der Waals surface area (Å²) in [6.07, 6.45) is 2.22. The number of aryl methyl sites for hydroxylation is 1. The van der Waals surface area contributed by atoms with Crippen LogP contribution in [0.2, 0.25) is 0 Å². The van der Waals surface area contributed by atoms with Crippen LogP contribution in [0.25, 0.3) is 10.9 Å². The van der Waals surface area contributed by atoms with E-state index in [1.165, 1.54) is 6.33 Å². The lowest BCUT2D eigenvalue weighted by Gasteiger charge is -2.19. The van der Waals surface area contributed by atoms with Crippen molar-refractivity contribution in [2.75, 3.05) is 39.2 Å². The number of ether oxygens (including phenoxy) is 2. The molecule has 32 heavy (non-hydrogen) atoms. The number of nitrogens with two attached hydrogens (primary N) is 1. The third kappa shape index (κ3) is 5.83. The van der Waals surface area contributed by atoms with Crippen molar-refractivity contribution >= 4 is 28.4 Å². The van der Waals surface area contributed by atoms with Crippen molar-refractivity contribution in [3.05, 3.63) is 47.8 Å². The second-order valence-electron chi connectivity index (χ2n) is 7.58. The van der Waals surface area contributed by atoms with Crippen LogP contribution in [0.1, 0.15) is 17.5 Å². The Hall–Kier alpha value is -3.43. The monoisotopic (exact) mass is 439 g/mol. The van der Waals surface area contributed by atoms with Crippen LogP contribution in [-0.2, 0) is 11.3 Å². The van der Waals surface area contributed by atoms with Gasteiger partial charge in [0.05, 0.1) is 25.8 Å². The maximum absolute atomic E-state index is 11.1. The number of nitrogens with one attached hydrogen (secondary N) is 1. The van der Waals surface area contributed by atoms with Gasteiger partial charge in [0.15, 0.2) is 11.5 Å². The average molecular weight is 440 g/mol. The van der Waals surface area contributed by atoms with Gasteiger partial charge in [0.25, 0.3) is 0 Å². The van der Waals surface area contributed by atoms with Crippen molar-refractivity contribution in [1.82, 2.24) is 14.9 Å². The Morgan fingerprint density at radius 1 is 1.22 bits per heavy atom. The van der Waals surface area contributed by atoms with Crippen LogP contribution in [-0.4, -0.2) is 59.8 Å². The molecule has 0 amide bonds. The first-order valence-corrected chi connectivity index (χ1v) is 10.3. The van der Waals surface area contributed by atoms with E-state index in [1.54, 1.807) is 19.1 Å². The van der Waals surface area contributed by atoms with Crippen LogP contribution in [0, 0.1) is 6.92 Å². The summed E-state index contributed by atoms with van der Waals surface area (Å²) in [5, 5.41) is 13.3. The molecule has 9 heteroatoms. The molecule has 0 saturated heterocycles. The molecule has 0 aliphatic rings. The smallest absolute Gasteiger partial charge is 0.317 e. The summed E-state index contributed by atoms with van der Waals surface area (Å²) >= 11 is 0. The maximum atomic E-state index is 11.1. The van der Waals surface area contributed by atoms with Crippen LogP contribution >= 0.6 is 0 Å². The molecule has 0 fully saturated rings. The summed E-state index contributed by atoms with van der Waals surface area (Å²) < 4.78 is 11.3. The topological polar surface area (TPSA) is 123 Å². The van der Waals surface area contributed by atoms with Gasteiger partial charge in [-0.1, -0.05) is 12.1 Å². The number of hydrogen-bond acceptors (Lipinski definition) is 8. The molecule has 0 radical (unpaired) electrons. The third-order valence-corrected chi connectivity index (χ3v) is 4.89. The largest absolute Gasteiger partial charge is 0.493 e. The van der Waals surface area contributed by atoms with Gasteiger partial charge in [0.2, 0.25) is 0 Å². The Balaban J connectivity index is 1.97. The second-order valence-corrected chi connectivity index (χ2v) is 7.58. The van der Waals surface area contributed by atoms with Crippen LogP contribution in [0.4, 0.5) is 11.5 Å². The molecule has 3 aromatic rings. The Bertz CT molecular complexity index is 1090. The second kappa shape index (κ2) is 10.7. The highest BCUT2D eigenvalue weighted by molar-refractivity contribution is 5.93.